The molecule has 6 heteroatoms. The number of esters is 3. The predicted octanol–water partition coefficient (Wildman–Crippen LogP) is 16.7. The van der Waals surface area contributed by atoms with Gasteiger partial charge in [0.05, 0.1) is 0 Å². The molecule has 0 aliphatic heterocycles. The van der Waals surface area contributed by atoms with Gasteiger partial charge >= 0.3 is 17.9 Å². The van der Waals surface area contributed by atoms with Crippen LogP contribution in [0.1, 0.15) is 194 Å². The van der Waals surface area contributed by atoms with Crippen molar-refractivity contribution in [2.24, 2.45) is 0 Å². The Balaban J connectivity index is 4.61. The molecule has 1 atom stereocenters. The van der Waals surface area contributed by atoms with E-state index in [1.54, 1.807) is 0 Å². The summed E-state index contributed by atoms with van der Waals surface area (Å²) in [7, 11) is 0. The van der Waals surface area contributed by atoms with Crippen molar-refractivity contribution in [1.82, 2.24) is 0 Å². The third-order valence-corrected chi connectivity index (χ3v) is 10.00. The lowest BCUT2D eigenvalue weighted by Gasteiger charge is -2.18. The van der Waals surface area contributed by atoms with Gasteiger partial charge < -0.3 is 14.2 Å². The van der Waals surface area contributed by atoms with Crippen LogP contribution in [0, 0.1) is 0 Å². The largest absolute Gasteiger partial charge is 0.462 e. The van der Waals surface area contributed by atoms with Crippen molar-refractivity contribution in [1.29, 1.82) is 0 Å². The Morgan fingerprint density at radius 2 is 0.703 bits per heavy atom. The Morgan fingerprint density at radius 1 is 0.344 bits per heavy atom. The molecule has 358 valence electrons. The zero-order valence-corrected chi connectivity index (χ0v) is 40.7. The second-order valence-electron chi connectivity index (χ2n) is 16.1. The van der Waals surface area contributed by atoms with Gasteiger partial charge in [-0.05, 0) is 96.3 Å². The summed E-state index contributed by atoms with van der Waals surface area (Å²) in [4.78, 5) is 37.9. The summed E-state index contributed by atoms with van der Waals surface area (Å²) in [5.74, 6) is -1.08. The summed E-state index contributed by atoms with van der Waals surface area (Å²) < 4.78 is 16.7. The lowest BCUT2D eigenvalue weighted by molar-refractivity contribution is -0.167. The van der Waals surface area contributed by atoms with Crippen LogP contribution in [0.2, 0.25) is 0 Å². The van der Waals surface area contributed by atoms with Crippen LogP contribution in [0.15, 0.2) is 134 Å². The lowest BCUT2D eigenvalue weighted by Crippen LogP contribution is -2.30. The Morgan fingerprint density at radius 3 is 1.20 bits per heavy atom. The minimum Gasteiger partial charge on any atom is -0.462 e. The zero-order valence-electron chi connectivity index (χ0n) is 40.7. The summed E-state index contributed by atoms with van der Waals surface area (Å²) >= 11 is 0. The van der Waals surface area contributed by atoms with Crippen LogP contribution < -0.4 is 0 Å². The quantitative estimate of drug-likeness (QED) is 0.0200. The van der Waals surface area contributed by atoms with E-state index in [9.17, 15) is 14.4 Å². The summed E-state index contributed by atoms with van der Waals surface area (Å²) in [5.41, 5.74) is 0. The fourth-order valence-electron chi connectivity index (χ4n) is 6.27. The number of allylic oxidation sites excluding steroid dienone is 22. The molecule has 0 saturated heterocycles. The van der Waals surface area contributed by atoms with E-state index in [0.717, 1.165) is 83.5 Å². The molecule has 0 saturated carbocycles. The highest BCUT2D eigenvalue weighted by Gasteiger charge is 2.19. The van der Waals surface area contributed by atoms with Crippen LogP contribution in [0.25, 0.3) is 0 Å². The van der Waals surface area contributed by atoms with Gasteiger partial charge in [-0.15, -0.1) is 0 Å². The second-order valence-corrected chi connectivity index (χ2v) is 16.1. The van der Waals surface area contributed by atoms with Gasteiger partial charge in [0, 0.05) is 19.3 Å². The highest BCUT2D eigenvalue weighted by molar-refractivity contribution is 5.71. The van der Waals surface area contributed by atoms with Crippen LogP contribution in [0.5, 0.6) is 0 Å². The average molecular weight is 883 g/mol. The SMILES string of the molecule is CC\C=C/C=C\C=C/C=C\C=C/CCCC(=O)OCC(COC(=O)CCC/C=C\C/C=C\C/C=C\C/C=C\C/C=C\CC)OC(=O)CCCCCCC/C=C\CCCCCCCCC. The maximum Gasteiger partial charge on any atom is 0.306 e. The topological polar surface area (TPSA) is 78.9 Å². The summed E-state index contributed by atoms with van der Waals surface area (Å²) in [6.07, 6.45) is 71.6. The van der Waals surface area contributed by atoms with Crippen LogP contribution in [0.3, 0.4) is 0 Å². The van der Waals surface area contributed by atoms with Gasteiger partial charge in [0.1, 0.15) is 13.2 Å². The van der Waals surface area contributed by atoms with Gasteiger partial charge in [0.25, 0.3) is 0 Å². The normalized spacial score (nSPS) is 13.2. The Labute approximate surface area is 392 Å². The highest BCUT2D eigenvalue weighted by atomic mass is 16.6. The van der Waals surface area contributed by atoms with E-state index in [4.69, 9.17) is 14.2 Å². The first-order valence-electron chi connectivity index (χ1n) is 25.3. The number of hydrogen-bond donors (Lipinski definition) is 0. The third-order valence-electron chi connectivity index (χ3n) is 10.00. The molecule has 0 spiro atoms. The molecular formula is C58H90O6. The molecule has 0 radical (unpaired) electrons. The van der Waals surface area contributed by atoms with Gasteiger partial charge in [0.15, 0.2) is 6.10 Å². The second kappa shape index (κ2) is 51.2. The van der Waals surface area contributed by atoms with Crippen molar-refractivity contribution >= 4 is 17.9 Å². The molecule has 0 bridgehead atoms. The monoisotopic (exact) mass is 883 g/mol. The number of hydrogen-bond acceptors (Lipinski definition) is 6. The zero-order chi connectivity index (χ0) is 46.5. The molecule has 0 aromatic carbocycles. The molecule has 6 nitrogen and oxygen atoms in total. The van der Waals surface area contributed by atoms with Crippen molar-refractivity contribution in [3.05, 3.63) is 134 Å². The Hall–Kier alpha value is -4.45. The molecular weight excluding hydrogens is 793 g/mol. The van der Waals surface area contributed by atoms with Crippen LogP contribution >= 0.6 is 0 Å². The van der Waals surface area contributed by atoms with Gasteiger partial charge in [-0.2, -0.15) is 0 Å². The molecule has 0 aromatic rings. The van der Waals surface area contributed by atoms with E-state index in [1.165, 1.54) is 57.8 Å². The van der Waals surface area contributed by atoms with E-state index >= 15 is 0 Å². The average Bonchev–Trinajstić information content (AvgIpc) is 3.29. The maximum atomic E-state index is 12.8. The van der Waals surface area contributed by atoms with Crippen molar-refractivity contribution < 1.29 is 28.6 Å². The fourth-order valence-corrected chi connectivity index (χ4v) is 6.27. The molecule has 0 N–H and O–H groups in total. The van der Waals surface area contributed by atoms with E-state index in [-0.39, 0.29) is 50.4 Å². The van der Waals surface area contributed by atoms with E-state index in [1.807, 2.05) is 54.7 Å². The fraction of sp³-hybridized carbons (Fsp3) is 0.569. The van der Waals surface area contributed by atoms with Crippen LogP contribution in [-0.4, -0.2) is 37.2 Å². The number of carbonyl (C=O) groups excluding carboxylic acids is 3. The van der Waals surface area contributed by atoms with Gasteiger partial charge in [-0.1, -0.05) is 212 Å². The molecule has 1 unspecified atom stereocenters. The van der Waals surface area contributed by atoms with Gasteiger partial charge in [-0.3, -0.25) is 14.4 Å². The molecule has 0 fully saturated rings. The summed E-state index contributed by atoms with van der Waals surface area (Å²) in [5, 5.41) is 0. The first-order valence-corrected chi connectivity index (χ1v) is 25.3. The molecule has 0 aromatic heterocycles. The van der Waals surface area contributed by atoms with E-state index < -0.39 is 6.10 Å². The molecule has 0 heterocycles. The molecule has 0 rings (SSSR count). The molecule has 0 aliphatic carbocycles. The van der Waals surface area contributed by atoms with Gasteiger partial charge in [-0.25, -0.2) is 0 Å². The smallest absolute Gasteiger partial charge is 0.306 e. The Kier molecular flexibility index (Phi) is 47.6. The number of rotatable bonds is 43. The number of unbranched alkanes of at least 4 members (excludes halogenated alkanes) is 14. The number of carbonyl (C=O) groups is 3. The molecule has 64 heavy (non-hydrogen) atoms. The standard InChI is InChI=1S/C58H90O6/c1-4-7-10-13-16-19-22-25-27-29-31-33-36-39-42-45-48-51-57(60)63-54-55(53-62-56(59)50-47-44-41-38-35-32-24-21-18-15-12-9-6-3)64-58(61)52-49-46-43-40-37-34-30-28-26-23-20-17-14-11-8-5-2/h7,9-10,12,15-16,18-19,21,24-25,27-28,30-33,35,38-39,41-42,55H,4-6,8,11,13-14,17,20,22-23,26,29,34,36-37,40,43-54H2,1-3H3/b10-7-,12-9-,18-15-,19-16-,24-21-,27-25-,30-28-,33-31-,35-32-,41-38-,42-39-. The Bertz CT molecular complexity index is 1430. The van der Waals surface area contributed by atoms with Crippen LogP contribution in [0.4, 0.5) is 0 Å². The first kappa shape index (κ1) is 59.6. The first-order chi connectivity index (χ1) is 31.5. The van der Waals surface area contributed by atoms with E-state index in [0.29, 0.717) is 12.8 Å². The third kappa shape index (κ3) is 48.6. The van der Waals surface area contributed by atoms with Crippen molar-refractivity contribution in [3.63, 3.8) is 0 Å². The molecule has 0 aliphatic rings. The molecule has 0 amide bonds. The lowest BCUT2D eigenvalue weighted by atomic mass is 10.1. The number of ether oxygens (including phenoxy) is 3. The summed E-state index contributed by atoms with van der Waals surface area (Å²) in [6, 6.07) is 0. The van der Waals surface area contributed by atoms with E-state index in [2.05, 4.69) is 99.8 Å². The van der Waals surface area contributed by atoms with Crippen LogP contribution in [-0.2, 0) is 28.6 Å². The predicted molar refractivity (Wildman–Crippen MR) is 274 cm³/mol. The minimum absolute atomic E-state index is 0.138. The summed E-state index contributed by atoms with van der Waals surface area (Å²) in [6.45, 7) is 6.23. The minimum atomic E-state index is -0.838. The highest BCUT2D eigenvalue weighted by Crippen LogP contribution is 2.12. The van der Waals surface area contributed by atoms with Crippen molar-refractivity contribution in [3.8, 4) is 0 Å². The maximum absolute atomic E-state index is 12.8. The van der Waals surface area contributed by atoms with Crippen molar-refractivity contribution in [2.45, 2.75) is 200 Å². The van der Waals surface area contributed by atoms with Crippen molar-refractivity contribution in [2.75, 3.05) is 13.2 Å². The van der Waals surface area contributed by atoms with Gasteiger partial charge in [0.2, 0.25) is 0 Å².